The number of ether oxygens (including phenoxy) is 1. The van der Waals surface area contributed by atoms with Crippen molar-refractivity contribution in [3.05, 3.63) is 30.1 Å². The first-order valence-corrected chi connectivity index (χ1v) is 11.2. The smallest absolute Gasteiger partial charge is 0.191 e. The lowest BCUT2D eigenvalue weighted by Gasteiger charge is -2.57. The summed E-state index contributed by atoms with van der Waals surface area (Å²) >= 11 is 0. The number of nitrogens with zero attached hydrogens (tertiary/aromatic N) is 3. The fourth-order valence-corrected chi connectivity index (χ4v) is 6.17. The van der Waals surface area contributed by atoms with Crippen LogP contribution in [-0.4, -0.2) is 47.9 Å². The van der Waals surface area contributed by atoms with E-state index in [0.29, 0.717) is 23.5 Å². The molecule has 30 heavy (non-hydrogen) atoms. The van der Waals surface area contributed by atoms with Gasteiger partial charge in [-0.3, -0.25) is 4.99 Å². The summed E-state index contributed by atoms with van der Waals surface area (Å²) < 4.78 is 8.42. The van der Waals surface area contributed by atoms with Crippen molar-refractivity contribution in [2.45, 2.75) is 64.1 Å². The van der Waals surface area contributed by atoms with Gasteiger partial charge in [-0.05, 0) is 44.7 Å². The van der Waals surface area contributed by atoms with Gasteiger partial charge in [0.25, 0.3) is 0 Å². The SMILES string of the molecule is CN=C(NCCCn1c(C)nc2ccccc21)NC1C2CCOC2C12CCCC2.I. The van der Waals surface area contributed by atoms with Gasteiger partial charge in [-0.15, -0.1) is 24.0 Å². The zero-order chi connectivity index (χ0) is 19.8. The number of rotatable bonds is 5. The molecule has 1 aromatic carbocycles. The summed E-state index contributed by atoms with van der Waals surface area (Å²) in [6.45, 7) is 4.88. The summed E-state index contributed by atoms with van der Waals surface area (Å²) in [5.74, 6) is 2.68. The van der Waals surface area contributed by atoms with Crippen LogP contribution in [0.4, 0.5) is 0 Å². The quantitative estimate of drug-likeness (QED) is 0.271. The molecule has 2 aliphatic carbocycles. The first-order valence-electron chi connectivity index (χ1n) is 11.2. The van der Waals surface area contributed by atoms with Gasteiger partial charge in [-0.1, -0.05) is 25.0 Å². The summed E-state index contributed by atoms with van der Waals surface area (Å²) in [7, 11) is 1.88. The fraction of sp³-hybridized carbons (Fsp3) is 0.652. The van der Waals surface area contributed by atoms with Gasteiger partial charge in [0.2, 0.25) is 0 Å². The minimum absolute atomic E-state index is 0. The van der Waals surface area contributed by atoms with E-state index in [1.54, 1.807) is 0 Å². The molecular formula is C23H34IN5O. The molecule has 6 nitrogen and oxygen atoms in total. The topological polar surface area (TPSA) is 63.5 Å². The highest BCUT2D eigenvalue weighted by molar-refractivity contribution is 14.0. The Kier molecular flexibility index (Phi) is 6.58. The van der Waals surface area contributed by atoms with Gasteiger partial charge in [-0.25, -0.2) is 4.98 Å². The minimum atomic E-state index is 0. The number of guanidine groups is 1. The molecule has 0 amide bonds. The molecule has 1 aromatic heterocycles. The van der Waals surface area contributed by atoms with E-state index in [4.69, 9.17) is 4.74 Å². The molecule has 3 aliphatic rings. The number of halogens is 1. The van der Waals surface area contributed by atoms with Gasteiger partial charge >= 0.3 is 0 Å². The lowest BCUT2D eigenvalue weighted by atomic mass is 9.54. The standard InChI is InChI=1S/C23H33N5O.HI/c1-16-26-18-8-3-4-9-19(18)28(16)14-7-13-25-22(24-2)27-20-17-10-15-29-21(17)23(20)11-5-6-12-23;/h3-4,8-9,17,20-21H,5-7,10-15H2,1-2H3,(H2,24,25,27);1H. The van der Waals surface area contributed by atoms with Crippen molar-refractivity contribution >= 4 is 41.0 Å². The maximum atomic E-state index is 6.11. The van der Waals surface area contributed by atoms with E-state index in [1.807, 2.05) is 13.1 Å². The lowest BCUT2D eigenvalue weighted by molar-refractivity contribution is -0.125. The van der Waals surface area contributed by atoms with Crippen LogP contribution in [0.25, 0.3) is 11.0 Å². The zero-order valence-electron chi connectivity index (χ0n) is 18.1. The summed E-state index contributed by atoms with van der Waals surface area (Å²) in [6.07, 6.45) is 7.99. The molecule has 3 fully saturated rings. The number of aromatic nitrogens is 2. The van der Waals surface area contributed by atoms with Crippen LogP contribution in [0, 0.1) is 18.3 Å². The molecule has 0 bridgehead atoms. The molecule has 0 radical (unpaired) electrons. The molecular weight excluding hydrogens is 489 g/mol. The second kappa shape index (κ2) is 9.02. The first kappa shape index (κ1) is 21.9. The minimum Gasteiger partial charge on any atom is -0.377 e. The van der Waals surface area contributed by atoms with Crippen molar-refractivity contribution in [2.75, 3.05) is 20.2 Å². The average molecular weight is 523 g/mol. The molecule has 164 valence electrons. The number of nitrogens with one attached hydrogen (secondary N) is 2. The third-order valence-electron chi connectivity index (χ3n) is 7.50. The molecule has 3 unspecified atom stereocenters. The Morgan fingerprint density at radius 1 is 1.30 bits per heavy atom. The molecule has 2 heterocycles. The van der Waals surface area contributed by atoms with Gasteiger partial charge in [0.1, 0.15) is 5.82 Å². The summed E-state index contributed by atoms with van der Waals surface area (Å²) in [6, 6.07) is 8.89. The Bertz CT molecular complexity index is 904. The molecule has 3 atom stereocenters. The number of para-hydroxylation sites is 2. The van der Waals surface area contributed by atoms with E-state index >= 15 is 0 Å². The Balaban J connectivity index is 0.00000218. The van der Waals surface area contributed by atoms with E-state index in [0.717, 1.165) is 43.4 Å². The van der Waals surface area contributed by atoms with Crippen molar-refractivity contribution in [3.8, 4) is 0 Å². The Morgan fingerprint density at radius 3 is 2.90 bits per heavy atom. The van der Waals surface area contributed by atoms with E-state index in [9.17, 15) is 0 Å². The third-order valence-corrected chi connectivity index (χ3v) is 7.50. The summed E-state index contributed by atoms with van der Waals surface area (Å²) in [5, 5.41) is 7.33. The van der Waals surface area contributed by atoms with E-state index < -0.39 is 0 Å². The van der Waals surface area contributed by atoms with Crippen LogP contribution in [0.5, 0.6) is 0 Å². The van der Waals surface area contributed by atoms with Crippen LogP contribution >= 0.6 is 24.0 Å². The summed E-state index contributed by atoms with van der Waals surface area (Å²) in [4.78, 5) is 9.18. The highest BCUT2D eigenvalue weighted by Gasteiger charge is 2.65. The van der Waals surface area contributed by atoms with Gasteiger partial charge in [0, 0.05) is 44.1 Å². The number of benzene rings is 1. The van der Waals surface area contributed by atoms with Gasteiger partial charge in [0.15, 0.2) is 5.96 Å². The Morgan fingerprint density at radius 2 is 2.10 bits per heavy atom. The summed E-state index contributed by atoms with van der Waals surface area (Å²) in [5.41, 5.74) is 2.65. The first-order chi connectivity index (χ1) is 14.2. The maximum Gasteiger partial charge on any atom is 0.191 e. The zero-order valence-corrected chi connectivity index (χ0v) is 20.4. The van der Waals surface area contributed by atoms with Gasteiger partial charge in [-0.2, -0.15) is 0 Å². The highest BCUT2D eigenvalue weighted by Crippen LogP contribution is 2.60. The van der Waals surface area contributed by atoms with E-state index in [-0.39, 0.29) is 24.0 Å². The number of fused-ring (bicyclic) bond motifs is 3. The average Bonchev–Trinajstić information content (AvgIpc) is 3.45. The monoisotopic (exact) mass is 523 g/mol. The normalized spacial score (nSPS) is 27.0. The van der Waals surface area contributed by atoms with E-state index in [2.05, 4.69) is 50.3 Å². The Hall–Kier alpha value is -1.35. The fourth-order valence-electron chi connectivity index (χ4n) is 6.17. The predicted octanol–water partition coefficient (Wildman–Crippen LogP) is 3.87. The second-order valence-electron chi connectivity index (χ2n) is 8.96. The van der Waals surface area contributed by atoms with Crippen molar-refractivity contribution in [1.29, 1.82) is 0 Å². The largest absolute Gasteiger partial charge is 0.377 e. The molecule has 1 spiro atoms. The molecule has 5 rings (SSSR count). The number of hydrogen-bond acceptors (Lipinski definition) is 3. The highest BCUT2D eigenvalue weighted by atomic mass is 127. The lowest BCUT2D eigenvalue weighted by Crippen LogP contribution is -2.69. The molecule has 2 N–H and O–H groups in total. The van der Waals surface area contributed by atoms with Gasteiger partial charge in [0.05, 0.1) is 17.1 Å². The van der Waals surface area contributed by atoms with E-state index in [1.165, 1.54) is 37.6 Å². The number of aryl methyl sites for hydroxylation is 2. The van der Waals surface area contributed by atoms with Crippen LogP contribution in [-0.2, 0) is 11.3 Å². The van der Waals surface area contributed by atoms with Crippen LogP contribution in [0.1, 0.15) is 44.3 Å². The number of hydrogen-bond donors (Lipinski definition) is 2. The molecule has 1 saturated heterocycles. The second-order valence-corrected chi connectivity index (χ2v) is 8.96. The maximum absolute atomic E-state index is 6.11. The predicted molar refractivity (Wildman–Crippen MR) is 132 cm³/mol. The molecule has 7 heteroatoms. The van der Waals surface area contributed by atoms with Crippen LogP contribution < -0.4 is 10.6 Å². The van der Waals surface area contributed by atoms with Crippen LogP contribution in [0.3, 0.4) is 0 Å². The molecule has 1 aliphatic heterocycles. The third kappa shape index (κ3) is 3.61. The van der Waals surface area contributed by atoms with Crippen molar-refractivity contribution in [2.24, 2.45) is 16.3 Å². The number of imidazole rings is 1. The van der Waals surface area contributed by atoms with Crippen molar-refractivity contribution in [3.63, 3.8) is 0 Å². The van der Waals surface area contributed by atoms with Gasteiger partial charge < -0.3 is 19.9 Å². The van der Waals surface area contributed by atoms with Crippen molar-refractivity contribution < 1.29 is 4.74 Å². The molecule has 2 aromatic rings. The molecule has 2 saturated carbocycles. The van der Waals surface area contributed by atoms with Crippen LogP contribution in [0.15, 0.2) is 29.3 Å². The Labute approximate surface area is 196 Å². The van der Waals surface area contributed by atoms with Crippen LogP contribution in [0.2, 0.25) is 0 Å². The van der Waals surface area contributed by atoms with Crippen molar-refractivity contribution in [1.82, 2.24) is 20.2 Å². The number of aliphatic imine (C=N–C) groups is 1.